The van der Waals surface area contributed by atoms with Crippen LogP contribution in [0.4, 0.5) is 0 Å². The van der Waals surface area contributed by atoms with Crippen LogP contribution in [0.1, 0.15) is 0 Å². The molecule has 11 rings (SSSR count). The molecule has 0 N–H and O–H groups in total. The third-order valence-corrected chi connectivity index (χ3v) is 12.5. The molecule has 9 aromatic carbocycles. The molecule has 14 radical (unpaired) electrons. The van der Waals surface area contributed by atoms with Crippen LogP contribution in [0, 0.1) is 0 Å². The highest BCUT2D eigenvalue weighted by atomic mass is 15.0. The number of fused-ring (bicyclic) bond motifs is 6. The first-order valence-corrected chi connectivity index (χ1v) is 20.7. The zero-order chi connectivity index (χ0) is 43.1. The lowest BCUT2D eigenvalue weighted by Crippen LogP contribution is -2.48. The molecule has 0 saturated carbocycles. The summed E-state index contributed by atoms with van der Waals surface area (Å²) in [6.45, 7) is 0. The van der Waals surface area contributed by atoms with Crippen molar-refractivity contribution in [2.75, 3.05) is 0 Å². The number of rotatable bonds is 6. The second-order valence-corrected chi connectivity index (χ2v) is 16.0. The van der Waals surface area contributed by atoms with E-state index in [1.54, 1.807) is 0 Å². The Morgan fingerprint density at radius 1 is 0.270 bits per heavy atom. The minimum atomic E-state index is 0.176. The lowest BCUT2D eigenvalue weighted by molar-refractivity contribution is 1.18. The number of nitrogens with zero attached hydrogens (tertiary/aromatic N) is 2. The Balaban J connectivity index is 1.11. The van der Waals surface area contributed by atoms with Crippen molar-refractivity contribution in [3.05, 3.63) is 176 Å². The second kappa shape index (κ2) is 15.1. The Kier molecular flexibility index (Phi) is 9.35. The van der Waals surface area contributed by atoms with E-state index in [1.165, 1.54) is 0 Å². The topological polar surface area (TPSA) is 9.86 Å². The number of aromatic nitrogens is 2. The minimum Gasteiger partial charge on any atom is -0.311 e. The van der Waals surface area contributed by atoms with Gasteiger partial charge in [0.25, 0.3) is 0 Å². The normalized spacial score (nSPS) is 11.6. The lowest BCUT2D eigenvalue weighted by Gasteiger charge is -2.19. The van der Waals surface area contributed by atoms with Crippen molar-refractivity contribution < 1.29 is 0 Å². The van der Waals surface area contributed by atoms with Crippen molar-refractivity contribution in [1.82, 2.24) is 9.13 Å². The molecule has 0 aliphatic carbocycles. The zero-order valence-electron chi connectivity index (χ0n) is 34.2. The van der Waals surface area contributed by atoms with E-state index < -0.39 is 0 Å². The third kappa shape index (κ3) is 6.12. The van der Waals surface area contributed by atoms with Gasteiger partial charge in [0.05, 0.1) is 11.0 Å². The van der Waals surface area contributed by atoms with Crippen molar-refractivity contribution in [2.45, 2.75) is 0 Å². The maximum atomic E-state index is 7.35. The van der Waals surface area contributed by atoms with Crippen molar-refractivity contribution in [3.8, 4) is 55.9 Å². The molecule has 0 fully saturated rings. The summed E-state index contributed by atoms with van der Waals surface area (Å²) >= 11 is 0. The van der Waals surface area contributed by atoms with E-state index in [1.807, 2.05) is 53.1 Å². The van der Waals surface area contributed by atoms with Gasteiger partial charge < -0.3 is 9.13 Å². The maximum absolute atomic E-state index is 7.35. The Labute approximate surface area is 375 Å². The fourth-order valence-corrected chi connectivity index (χ4v) is 9.39. The number of hydrogen-bond donors (Lipinski definition) is 0. The van der Waals surface area contributed by atoms with Gasteiger partial charge in [-0.1, -0.05) is 161 Å². The zero-order valence-corrected chi connectivity index (χ0v) is 34.2. The van der Waals surface area contributed by atoms with Crippen LogP contribution in [0.25, 0.3) is 99.5 Å². The quantitative estimate of drug-likeness (QED) is 0.181. The molecule has 2 heterocycles. The van der Waals surface area contributed by atoms with Crippen molar-refractivity contribution >= 4 is 137 Å². The van der Waals surface area contributed by atoms with Crippen LogP contribution in [-0.4, -0.2) is 64.1 Å². The minimum absolute atomic E-state index is 0.176. The fourth-order valence-electron chi connectivity index (χ4n) is 9.39. The van der Waals surface area contributed by atoms with Crippen molar-refractivity contribution in [2.24, 2.45) is 0 Å². The number of benzene rings is 9. The van der Waals surface area contributed by atoms with Crippen molar-refractivity contribution in [1.29, 1.82) is 0 Å². The Morgan fingerprint density at radius 2 is 0.714 bits per heavy atom. The molecule has 2 aromatic heterocycles. The Bertz CT molecular complexity index is 3600. The summed E-state index contributed by atoms with van der Waals surface area (Å²) in [5, 5.41) is 3.24. The first kappa shape index (κ1) is 38.9. The van der Waals surface area contributed by atoms with Crippen LogP contribution in [-0.2, 0) is 0 Å². The van der Waals surface area contributed by atoms with Gasteiger partial charge in [-0.05, 0) is 92.4 Å². The highest BCUT2D eigenvalue weighted by molar-refractivity contribution is 6.69. The summed E-state index contributed by atoms with van der Waals surface area (Å²) in [7, 11) is 48.6. The molecule has 11 aromatic rings. The largest absolute Gasteiger partial charge is 0.311 e. The van der Waals surface area contributed by atoms with E-state index in [-0.39, 0.29) is 21.9 Å². The van der Waals surface area contributed by atoms with Gasteiger partial charge in [-0.25, -0.2) is 0 Å². The standard InChI is InChI=1S/C54H29B7N2/c55-46-43(36-23-27-41-40(28-36)39-26-22-35(31-12-6-2-7-13-31)29-42(39)62(41)37-14-8-3-9-15-37)47(56)51(60)53-44(46)45-48(57)49(58)50(59)52(61)54(45)63(53)38-24-20-34(21-25-38)33-18-16-32(17-19-33)30-10-4-1-5-11-30/h1-29H. The molecule has 276 valence electrons. The van der Waals surface area contributed by atoms with E-state index in [0.717, 1.165) is 72.1 Å². The van der Waals surface area contributed by atoms with Gasteiger partial charge >= 0.3 is 0 Å². The van der Waals surface area contributed by atoms with E-state index >= 15 is 0 Å². The average Bonchev–Trinajstić information content (AvgIpc) is 3.87. The molecular formula is C54H29B7N2. The van der Waals surface area contributed by atoms with E-state index in [4.69, 9.17) is 54.9 Å². The predicted molar refractivity (Wildman–Crippen MR) is 275 cm³/mol. The molecule has 0 aliphatic heterocycles. The van der Waals surface area contributed by atoms with Crippen LogP contribution >= 0.6 is 0 Å². The molecule has 63 heavy (non-hydrogen) atoms. The summed E-state index contributed by atoms with van der Waals surface area (Å²) in [4.78, 5) is 0. The first-order valence-electron chi connectivity index (χ1n) is 20.7. The highest BCUT2D eigenvalue weighted by Crippen LogP contribution is 2.38. The summed E-state index contributed by atoms with van der Waals surface area (Å²) in [5.74, 6) is 0. The van der Waals surface area contributed by atoms with E-state index in [2.05, 4.69) is 132 Å². The van der Waals surface area contributed by atoms with Crippen LogP contribution in [0.3, 0.4) is 0 Å². The summed E-state index contributed by atoms with van der Waals surface area (Å²) in [6.07, 6.45) is 0. The molecule has 2 nitrogen and oxygen atoms in total. The molecule has 0 unspecified atom stereocenters. The molecule has 0 amide bonds. The van der Waals surface area contributed by atoms with E-state index in [0.29, 0.717) is 43.8 Å². The average molecular weight is 782 g/mol. The summed E-state index contributed by atoms with van der Waals surface area (Å²) < 4.78 is 4.24. The van der Waals surface area contributed by atoms with Gasteiger partial charge in [0.1, 0.15) is 54.9 Å². The monoisotopic (exact) mass is 782 g/mol. The van der Waals surface area contributed by atoms with Gasteiger partial charge in [0.2, 0.25) is 0 Å². The molecule has 9 heteroatoms. The SMILES string of the molecule is [B]c1c([B])c([B])c2c(c1[B])c1c([B])c(-c3ccc4c(c3)c3ccc(-c5ccccc5)cc3n4-c3ccccc3)c([B])c([B])c1n2-c1ccc(-c2ccc(-c3ccccc3)cc2)cc1. The molecular weight excluding hydrogens is 752 g/mol. The number of hydrogen-bond acceptors (Lipinski definition) is 0. The van der Waals surface area contributed by atoms with Crippen LogP contribution in [0.2, 0.25) is 0 Å². The molecule has 0 aliphatic rings. The Hall–Kier alpha value is -6.97. The summed E-state index contributed by atoms with van der Waals surface area (Å²) in [5.41, 5.74) is 15.0. The molecule has 0 spiro atoms. The first-order chi connectivity index (χ1) is 30.7. The maximum Gasteiger partial charge on any atom is 0.115 e. The van der Waals surface area contributed by atoms with Gasteiger partial charge in [-0.3, -0.25) is 0 Å². The van der Waals surface area contributed by atoms with Gasteiger partial charge in [-0.15, -0.1) is 10.9 Å². The Morgan fingerprint density at radius 3 is 1.32 bits per heavy atom. The molecule has 0 saturated heterocycles. The fraction of sp³-hybridized carbons (Fsp3) is 0. The van der Waals surface area contributed by atoms with Crippen LogP contribution in [0.5, 0.6) is 0 Å². The van der Waals surface area contributed by atoms with Crippen LogP contribution < -0.4 is 38.2 Å². The van der Waals surface area contributed by atoms with Gasteiger partial charge in [-0.2, -0.15) is 0 Å². The molecule has 0 atom stereocenters. The summed E-state index contributed by atoms with van der Waals surface area (Å²) in [6, 6.07) is 60.6. The number of para-hydroxylation sites is 1. The third-order valence-electron chi connectivity index (χ3n) is 12.5. The van der Waals surface area contributed by atoms with Crippen molar-refractivity contribution in [3.63, 3.8) is 0 Å². The van der Waals surface area contributed by atoms with Crippen LogP contribution in [0.15, 0.2) is 176 Å². The van der Waals surface area contributed by atoms with E-state index in [9.17, 15) is 0 Å². The second-order valence-electron chi connectivity index (χ2n) is 16.0. The molecule has 0 bridgehead atoms. The van der Waals surface area contributed by atoms with Gasteiger partial charge in [0.15, 0.2) is 0 Å². The highest BCUT2D eigenvalue weighted by Gasteiger charge is 2.25. The van der Waals surface area contributed by atoms with Gasteiger partial charge in [0, 0.05) is 38.6 Å². The lowest BCUT2D eigenvalue weighted by atomic mass is 9.64. The predicted octanol–water partition coefficient (Wildman–Crippen LogP) is 6.11. The smallest absolute Gasteiger partial charge is 0.115 e.